The van der Waals surface area contributed by atoms with Crippen molar-refractivity contribution < 1.29 is 19.4 Å². The summed E-state index contributed by atoms with van der Waals surface area (Å²) in [6, 6.07) is -0.817. The van der Waals surface area contributed by atoms with Crippen LogP contribution in [-0.4, -0.2) is 36.7 Å². The van der Waals surface area contributed by atoms with E-state index in [2.05, 4.69) is 5.32 Å². The SMILES string of the molecule is COCC(C)CC(=O)N[C@H](C(=O)O)C(C)C. The molecule has 1 unspecified atom stereocenters. The van der Waals surface area contributed by atoms with E-state index in [0.717, 1.165) is 0 Å². The van der Waals surface area contributed by atoms with E-state index in [-0.39, 0.29) is 24.2 Å². The van der Waals surface area contributed by atoms with Crippen LogP contribution in [0.1, 0.15) is 27.2 Å². The van der Waals surface area contributed by atoms with Crippen molar-refractivity contribution in [3.63, 3.8) is 0 Å². The number of hydrogen-bond donors (Lipinski definition) is 2. The molecule has 5 heteroatoms. The molecule has 0 radical (unpaired) electrons. The van der Waals surface area contributed by atoms with Crippen molar-refractivity contribution in [1.82, 2.24) is 5.32 Å². The van der Waals surface area contributed by atoms with Gasteiger partial charge in [-0.1, -0.05) is 20.8 Å². The fourth-order valence-corrected chi connectivity index (χ4v) is 1.41. The molecule has 0 spiro atoms. The third kappa shape index (κ3) is 5.70. The normalized spacial score (nSPS) is 14.6. The molecule has 0 aliphatic rings. The van der Waals surface area contributed by atoms with E-state index >= 15 is 0 Å². The maximum atomic E-state index is 11.5. The zero-order chi connectivity index (χ0) is 12.7. The number of carboxylic acid groups (broad SMARTS) is 1. The molecule has 0 bridgehead atoms. The van der Waals surface area contributed by atoms with Gasteiger partial charge in [-0.25, -0.2) is 4.79 Å². The maximum absolute atomic E-state index is 11.5. The van der Waals surface area contributed by atoms with Crippen molar-refractivity contribution in [2.45, 2.75) is 33.2 Å². The topological polar surface area (TPSA) is 75.6 Å². The average molecular weight is 231 g/mol. The molecule has 0 saturated carbocycles. The fraction of sp³-hybridized carbons (Fsp3) is 0.818. The molecule has 0 aromatic carbocycles. The molecule has 0 fully saturated rings. The zero-order valence-electron chi connectivity index (χ0n) is 10.3. The van der Waals surface area contributed by atoms with Crippen LogP contribution in [0.2, 0.25) is 0 Å². The third-order valence-electron chi connectivity index (χ3n) is 2.23. The molecule has 2 N–H and O–H groups in total. The van der Waals surface area contributed by atoms with E-state index in [1.54, 1.807) is 21.0 Å². The molecule has 0 heterocycles. The summed E-state index contributed by atoms with van der Waals surface area (Å²) < 4.78 is 4.91. The summed E-state index contributed by atoms with van der Waals surface area (Å²) in [5, 5.41) is 11.4. The molecule has 2 atom stereocenters. The quantitative estimate of drug-likeness (QED) is 0.682. The summed E-state index contributed by atoms with van der Waals surface area (Å²) in [6.07, 6.45) is 0.282. The number of nitrogens with one attached hydrogen (secondary N) is 1. The fourth-order valence-electron chi connectivity index (χ4n) is 1.41. The van der Waals surface area contributed by atoms with Crippen LogP contribution in [0.4, 0.5) is 0 Å². The highest BCUT2D eigenvalue weighted by atomic mass is 16.5. The summed E-state index contributed by atoms with van der Waals surface area (Å²) in [4.78, 5) is 22.4. The van der Waals surface area contributed by atoms with Gasteiger partial charge in [0.05, 0.1) is 0 Å². The standard InChI is InChI=1S/C11H21NO4/c1-7(2)10(11(14)15)12-9(13)5-8(3)6-16-4/h7-8,10H,5-6H2,1-4H3,(H,12,13)(H,14,15)/t8?,10-/m0/s1. The second-order valence-corrected chi connectivity index (χ2v) is 4.39. The van der Waals surface area contributed by atoms with Crippen LogP contribution >= 0.6 is 0 Å². The lowest BCUT2D eigenvalue weighted by Crippen LogP contribution is -2.44. The second kappa shape index (κ2) is 7.22. The van der Waals surface area contributed by atoms with Crippen LogP contribution in [0.15, 0.2) is 0 Å². The lowest BCUT2D eigenvalue weighted by Gasteiger charge is -2.19. The van der Waals surface area contributed by atoms with E-state index < -0.39 is 12.0 Å². The van der Waals surface area contributed by atoms with E-state index in [1.165, 1.54) is 0 Å². The molecule has 0 aromatic heterocycles. The Bertz CT molecular complexity index is 240. The number of methoxy groups -OCH3 is 1. The molecule has 5 nitrogen and oxygen atoms in total. The summed E-state index contributed by atoms with van der Waals surface area (Å²) in [5.41, 5.74) is 0. The summed E-state index contributed by atoms with van der Waals surface area (Å²) in [5.74, 6) is -1.28. The van der Waals surface area contributed by atoms with Crippen molar-refractivity contribution in [1.29, 1.82) is 0 Å². The molecule has 0 rings (SSSR count). The van der Waals surface area contributed by atoms with Crippen LogP contribution in [0.25, 0.3) is 0 Å². The van der Waals surface area contributed by atoms with Gasteiger partial charge in [0.15, 0.2) is 0 Å². The minimum absolute atomic E-state index is 0.0895. The van der Waals surface area contributed by atoms with E-state index in [9.17, 15) is 9.59 Å². The van der Waals surface area contributed by atoms with Crippen molar-refractivity contribution in [2.75, 3.05) is 13.7 Å². The molecule has 0 aromatic rings. The first kappa shape index (κ1) is 14.9. The van der Waals surface area contributed by atoms with Gasteiger partial charge in [0, 0.05) is 20.1 Å². The summed E-state index contributed by atoms with van der Waals surface area (Å²) in [6.45, 7) is 5.90. The first-order valence-electron chi connectivity index (χ1n) is 5.39. The predicted molar refractivity (Wildman–Crippen MR) is 60.1 cm³/mol. The Morgan fingerprint density at radius 1 is 1.31 bits per heavy atom. The number of hydrogen-bond acceptors (Lipinski definition) is 3. The molecule has 16 heavy (non-hydrogen) atoms. The highest BCUT2D eigenvalue weighted by Gasteiger charge is 2.23. The molecule has 0 aliphatic carbocycles. The molecule has 0 saturated heterocycles. The first-order chi connectivity index (χ1) is 7.38. The second-order valence-electron chi connectivity index (χ2n) is 4.39. The number of amides is 1. The summed E-state index contributed by atoms with van der Waals surface area (Å²) >= 11 is 0. The van der Waals surface area contributed by atoms with Gasteiger partial charge in [0.2, 0.25) is 5.91 Å². The van der Waals surface area contributed by atoms with Crippen LogP contribution in [0, 0.1) is 11.8 Å². The largest absolute Gasteiger partial charge is 0.480 e. The van der Waals surface area contributed by atoms with Crippen LogP contribution in [0.5, 0.6) is 0 Å². The Hall–Kier alpha value is -1.10. The smallest absolute Gasteiger partial charge is 0.326 e. The van der Waals surface area contributed by atoms with Crippen LogP contribution in [0.3, 0.4) is 0 Å². The molecular formula is C11H21NO4. The van der Waals surface area contributed by atoms with Gasteiger partial charge in [0.25, 0.3) is 0 Å². The van der Waals surface area contributed by atoms with E-state index in [1.807, 2.05) is 6.92 Å². The van der Waals surface area contributed by atoms with Crippen molar-refractivity contribution in [3.05, 3.63) is 0 Å². The van der Waals surface area contributed by atoms with Gasteiger partial charge in [-0.2, -0.15) is 0 Å². The van der Waals surface area contributed by atoms with E-state index in [4.69, 9.17) is 9.84 Å². The molecule has 0 aliphatic heterocycles. The number of rotatable bonds is 7. The van der Waals surface area contributed by atoms with Gasteiger partial charge < -0.3 is 15.2 Å². The third-order valence-corrected chi connectivity index (χ3v) is 2.23. The number of carbonyl (C=O) groups excluding carboxylic acids is 1. The van der Waals surface area contributed by atoms with Crippen molar-refractivity contribution in [3.8, 4) is 0 Å². The van der Waals surface area contributed by atoms with Gasteiger partial charge in [-0.05, 0) is 11.8 Å². The lowest BCUT2D eigenvalue weighted by atomic mass is 10.0. The molecule has 1 amide bonds. The summed E-state index contributed by atoms with van der Waals surface area (Å²) in [7, 11) is 1.57. The monoisotopic (exact) mass is 231 g/mol. The Balaban J connectivity index is 4.15. The van der Waals surface area contributed by atoms with Crippen LogP contribution < -0.4 is 5.32 Å². The number of ether oxygens (including phenoxy) is 1. The van der Waals surface area contributed by atoms with E-state index in [0.29, 0.717) is 6.61 Å². The van der Waals surface area contributed by atoms with Gasteiger partial charge in [-0.3, -0.25) is 4.79 Å². The number of carboxylic acids is 1. The van der Waals surface area contributed by atoms with Crippen molar-refractivity contribution in [2.24, 2.45) is 11.8 Å². The Kier molecular flexibility index (Phi) is 6.72. The number of carbonyl (C=O) groups is 2. The maximum Gasteiger partial charge on any atom is 0.326 e. The highest BCUT2D eigenvalue weighted by Crippen LogP contribution is 2.05. The Morgan fingerprint density at radius 2 is 1.88 bits per heavy atom. The van der Waals surface area contributed by atoms with Gasteiger partial charge >= 0.3 is 5.97 Å². The highest BCUT2D eigenvalue weighted by molar-refractivity contribution is 5.83. The molecule has 94 valence electrons. The van der Waals surface area contributed by atoms with Crippen molar-refractivity contribution >= 4 is 11.9 Å². The zero-order valence-corrected chi connectivity index (χ0v) is 10.3. The van der Waals surface area contributed by atoms with Crippen LogP contribution in [-0.2, 0) is 14.3 Å². The minimum Gasteiger partial charge on any atom is -0.480 e. The molecular weight excluding hydrogens is 210 g/mol. The lowest BCUT2D eigenvalue weighted by molar-refractivity contribution is -0.143. The average Bonchev–Trinajstić information content (AvgIpc) is 2.13. The van der Waals surface area contributed by atoms with Gasteiger partial charge in [-0.15, -0.1) is 0 Å². The Labute approximate surface area is 96.2 Å². The van der Waals surface area contributed by atoms with Gasteiger partial charge in [0.1, 0.15) is 6.04 Å². The minimum atomic E-state index is -0.997. The number of aliphatic carboxylic acids is 1. The predicted octanol–water partition coefficient (Wildman–Crippen LogP) is 0.884. The Morgan fingerprint density at radius 3 is 2.25 bits per heavy atom. The first-order valence-corrected chi connectivity index (χ1v) is 5.39.